The molecule has 1 aliphatic heterocycles. The number of nitrogens with zero attached hydrogens (tertiary/aromatic N) is 4. The molecule has 2 aliphatic rings. The lowest BCUT2D eigenvalue weighted by molar-refractivity contribution is -0.137. The van der Waals surface area contributed by atoms with Gasteiger partial charge in [0.05, 0.1) is 6.26 Å². The second kappa shape index (κ2) is 9.38. The molecule has 7 heteroatoms. The van der Waals surface area contributed by atoms with Crippen molar-refractivity contribution < 1.29 is 13.6 Å². The highest BCUT2D eigenvalue weighted by Gasteiger charge is 2.32. The molecule has 0 atom stereocenters. The SMILES string of the molecule is CN(C(=O)C1CCN(c2oc(-c3ccco3)nc2C#N)CC1)C1CCCCCCC1. The summed E-state index contributed by atoms with van der Waals surface area (Å²) >= 11 is 0. The van der Waals surface area contributed by atoms with Crippen molar-refractivity contribution in [2.24, 2.45) is 5.92 Å². The minimum Gasteiger partial charge on any atom is -0.459 e. The standard InChI is InChI=1S/C23H30N4O3/c1-26(18-8-5-3-2-4-6-9-18)22(28)17-11-13-27(14-12-17)23-19(16-24)25-21(30-23)20-10-7-15-29-20/h7,10,15,17-18H,2-6,8-9,11-14H2,1H3. The van der Waals surface area contributed by atoms with Gasteiger partial charge in [-0.1, -0.05) is 32.1 Å². The molecule has 3 heterocycles. The van der Waals surface area contributed by atoms with Gasteiger partial charge < -0.3 is 18.6 Å². The molecule has 2 fully saturated rings. The summed E-state index contributed by atoms with van der Waals surface area (Å²) in [5.74, 6) is 1.60. The monoisotopic (exact) mass is 410 g/mol. The van der Waals surface area contributed by atoms with Gasteiger partial charge >= 0.3 is 0 Å². The van der Waals surface area contributed by atoms with E-state index in [4.69, 9.17) is 8.83 Å². The largest absolute Gasteiger partial charge is 0.459 e. The Kier molecular flexibility index (Phi) is 6.41. The van der Waals surface area contributed by atoms with Gasteiger partial charge in [-0.15, -0.1) is 0 Å². The maximum absolute atomic E-state index is 13.1. The highest BCUT2D eigenvalue weighted by Crippen LogP contribution is 2.32. The first-order valence-electron chi connectivity index (χ1n) is 11.1. The van der Waals surface area contributed by atoms with Crippen LogP contribution in [0.25, 0.3) is 11.7 Å². The van der Waals surface area contributed by atoms with E-state index in [9.17, 15) is 10.1 Å². The number of carbonyl (C=O) groups excluding carboxylic acids is 1. The zero-order valence-electron chi connectivity index (χ0n) is 17.7. The Morgan fingerprint density at radius 1 is 1.17 bits per heavy atom. The van der Waals surface area contributed by atoms with Gasteiger partial charge in [0.15, 0.2) is 5.76 Å². The van der Waals surface area contributed by atoms with E-state index in [0.29, 0.717) is 36.7 Å². The highest BCUT2D eigenvalue weighted by molar-refractivity contribution is 5.79. The molecule has 1 aliphatic carbocycles. The topological polar surface area (TPSA) is 86.5 Å². The van der Waals surface area contributed by atoms with Crippen LogP contribution in [0.5, 0.6) is 0 Å². The molecule has 0 aromatic carbocycles. The lowest BCUT2D eigenvalue weighted by Gasteiger charge is -2.36. The summed E-state index contributed by atoms with van der Waals surface area (Å²) in [5.41, 5.74) is 0.262. The minimum absolute atomic E-state index is 0.0368. The first-order chi connectivity index (χ1) is 14.7. The highest BCUT2D eigenvalue weighted by atomic mass is 16.4. The Hall–Kier alpha value is -2.75. The third-order valence-corrected chi connectivity index (χ3v) is 6.55. The molecule has 0 radical (unpaired) electrons. The number of nitriles is 1. The number of anilines is 1. The van der Waals surface area contributed by atoms with Crippen LogP contribution < -0.4 is 4.90 Å². The number of carbonyl (C=O) groups is 1. The molecule has 2 aromatic rings. The lowest BCUT2D eigenvalue weighted by Crippen LogP contribution is -2.45. The molecule has 0 unspecified atom stereocenters. The fourth-order valence-electron chi connectivity index (χ4n) is 4.72. The maximum Gasteiger partial charge on any atom is 0.266 e. The lowest BCUT2D eigenvalue weighted by atomic mass is 9.92. The van der Waals surface area contributed by atoms with Gasteiger partial charge in [-0.3, -0.25) is 4.79 Å². The average molecular weight is 411 g/mol. The molecule has 0 N–H and O–H groups in total. The van der Waals surface area contributed by atoms with E-state index in [-0.39, 0.29) is 17.5 Å². The van der Waals surface area contributed by atoms with Crippen molar-refractivity contribution in [2.45, 2.75) is 63.8 Å². The van der Waals surface area contributed by atoms with Crippen molar-refractivity contribution in [3.05, 3.63) is 24.1 Å². The van der Waals surface area contributed by atoms with Crippen LogP contribution in [0.1, 0.15) is 63.5 Å². The second-order valence-corrected chi connectivity index (χ2v) is 8.47. The second-order valence-electron chi connectivity index (χ2n) is 8.47. The maximum atomic E-state index is 13.1. The third-order valence-electron chi connectivity index (χ3n) is 6.55. The molecule has 30 heavy (non-hydrogen) atoms. The molecule has 160 valence electrons. The van der Waals surface area contributed by atoms with Crippen LogP contribution >= 0.6 is 0 Å². The van der Waals surface area contributed by atoms with Crippen LogP contribution in [0.15, 0.2) is 27.2 Å². The number of aromatic nitrogens is 1. The number of oxazole rings is 1. The quantitative estimate of drug-likeness (QED) is 0.732. The molecule has 0 bridgehead atoms. The molecule has 7 nitrogen and oxygen atoms in total. The molecule has 4 rings (SSSR count). The van der Waals surface area contributed by atoms with Gasteiger partial charge in [0.1, 0.15) is 6.07 Å². The van der Waals surface area contributed by atoms with Crippen molar-refractivity contribution in [3.8, 4) is 17.7 Å². The van der Waals surface area contributed by atoms with E-state index in [0.717, 1.165) is 25.7 Å². The number of piperidine rings is 1. The van der Waals surface area contributed by atoms with Gasteiger partial charge in [0.25, 0.3) is 5.89 Å². The Morgan fingerprint density at radius 3 is 2.50 bits per heavy atom. The Morgan fingerprint density at radius 2 is 1.87 bits per heavy atom. The summed E-state index contributed by atoms with van der Waals surface area (Å²) in [6.45, 7) is 1.35. The van der Waals surface area contributed by atoms with E-state index in [1.54, 1.807) is 18.4 Å². The van der Waals surface area contributed by atoms with E-state index >= 15 is 0 Å². The summed E-state index contributed by atoms with van der Waals surface area (Å²) in [7, 11) is 1.99. The summed E-state index contributed by atoms with van der Waals surface area (Å²) < 4.78 is 11.2. The zero-order chi connectivity index (χ0) is 20.9. The predicted octanol–water partition coefficient (Wildman–Crippen LogP) is 4.59. The number of furan rings is 1. The summed E-state index contributed by atoms with van der Waals surface area (Å²) in [6.07, 6.45) is 11.7. The average Bonchev–Trinajstić information content (AvgIpc) is 3.42. The molecule has 1 saturated carbocycles. The number of amides is 1. The van der Waals surface area contributed by atoms with Crippen LogP contribution in [0.4, 0.5) is 5.88 Å². The van der Waals surface area contributed by atoms with Gasteiger partial charge in [-0.2, -0.15) is 10.2 Å². The fraction of sp³-hybridized carbons (Fsp3) is 0.609. The van der Waals surface area contributed by atoms with Crippen LogP contribution in [0.3, 0.4) is 0 Å². The van der Waals surface area contributed by atoms with Gasteiger partial charge in [0.2, 0.25) is 17.5 Å². The van der Waals surface area contributed by atoms with Crippen LogP contribution in [0.2, 0.25) is 0 Å². The molecule has 2 aromatic heterocycles. The van der Waals surface area contributed by atoms with Gasteiger partial charge in [-0.25, -0.2) is 0 Å². The van der Waals surface area contributed by atoms with Gasteiger partial charge in [0, 0.05) is 32.1 Å². The smallest absolute Gasteiger partial charge is 0.266 e. The normalized spacial score (nSPS) is 19.1. The summed E-state index contributed by atoms with van der Waals surface area (Å²) in [4.78, 5) is 21.4. The summed E-state index contributed by atoms with van der Waals surface area (Å²) in [6, 6.07) is 6.01. The molecule has 1 amide bonds. The van der Waals surface area contributed by atoms with Crippen LogP contribution in [0, 0.1) is 17.2 Å². The van der Waals surface area contributed by atoms with Crippen LogP contribution in [-0.4, -0.2) is 42.0 Å². The number of hydrogen-bond donors (Lipinski definition) is 0. The predicted molar refractivity (Wildman–Crippen MR) is 113 cm³/mol. The Labute approximate surface area is 177 Å². The van der Waals surface area contributed by atoms with E-state index in [1.165, 1.54) is 32.1 Å². The molecule has 0 spiro atoms. The molecular formula is C23H30N4O3. The van der Waals surface area contributed by atoms with E-state index in [2.05, 4.69) is 11.1 Å². The number of rotatable bonds is 4. The van der Waals surface area contributed by atoms with Crippen molar-refractivity contribution in [2.75, 3.05) is 25.0 Å². The van der Waals surface area contributed by atoms with Crippen molar-refractivity contribution >= 4 is 11.8 Å². The first kappa shape index (κ1) is 20.5. The fourth-order valence-corrected chi connectivity index (χ4v) is 4.72. The van der Waals surface area contributed by atoms with Gasteiger partial charge in [-0.05, 0) is 37.8 Å². The summed E-state index contributed by atoms with van der Waals surface area (Å²) in [5, 5.41) is 9.47. The van der Waals surface area contributed by atoms with E-state index < -0.39 is 0 Å². The third kappa shape index (κ3) is 4.38. The zero-order valence-corrected chi connectivity index (χ0v) is 17.7. The Balaban J connectivity index is 1.38. The van der Waals surface area contributed by atoms with Crippen LogP contribution in [-0.2, 0) is 4.79 Å². The van der Waals surface area contributed by atoms with Crippen molar-refractivity contribution in [3.63, 3.8) is 0 Å². The van der Waals surface area contributed by atoms with Crippen molar-refractivity contribution in [1.82, 2.24) is 9.88 Å². The molecular weight excluding hydrogens is 380 g/mol. The number of hydrogen-bond acceptors (Lipinski definition) is 6. The minimum atomic E-state index is 0.0368. The van der Waals surface area contributed by atoms with E-state index in [1.807, 2.05) is 16.8 Å². The van der Waals surface area contributed by atoms with Crippen molar-refractivity contribution in [1.29, 1.82) is 5.26 Å². The first-order valence-corrected chi connectivity index (χ1v) is 11.1. The Bertz CT molecular complexity index is 867. The molecule has 1 saturated heterocycles.